The molecule has 6 heterocycles. The van der Waals surface area contributed by atoms with Crippen LogP contribution in [0.3, 0.4) is 0 Å². The normalized spacial score (nSPS) is 12.0. The maximum atomic E-state index is 11.2. The Hall–Kier alpha value is -4.95. The third-order valence-corrected chi connectivity index (χ3v) is 15.1. The number of nitrogens with one attached hydrogen (secondary N) is 1. The molecular formula is C78H136N5O2S+. The fourth-order valence-electron chi connectivity index (χ4n) is 9.61. The van der Waals surface area contributed by atoms with Gasteiger partial charge in [0.2, 0.25) is 17.5 Å². The molecule has 2 N–H and O–H groups in total. The minimum Gasteiger partial charge on any atom is -0.326 e. The number of hydrogen-bond donors (Lipinski definition) is 2. The molecule has 0 aliphatic heterocycles. The van der Waals surface area contributed by atoms with Gasteiger partial charge in [0.15, 0.2) is 0 Å². The van der Waals surface area contributed by atoms with Gasteiger partial charge in [-0.15, -0.1) is 11.3 Å². The van der Waals surface area contributed by atoms with Gasteiger partial charge in [-0.3, -0.25) is 25.0 Å². The molecule has 0 aliphatic rings. The predicted octanol–water partition coefficient (Wildman–Crippen LogP) is 23.2. The van der Waals surface area contributed by atoms with Gasteiger partial charge in [-0.25, -0.2) is 0 Å². The SMILES string of the molecule is C.C.C.C.CC(C)(C)c1cccnc1C(C)(C)C.CC(C)(C)c1ccncc1C(C)(C)C.CC(C)(C)c1ccncc1C(C)(C)C.CC(C)c1[nH]c(=O)ccc1C(C)(C)C.CC(C)c1c(C(C)(C)C)ccc[n+]1O.CC(C)c1sccc1C(C)(C)C. The molecule has 0 fully saturated rings. The predicted molar refractivity (Wildman–Crippen MR) is 385 cm³/mol. The lowest BCUT2D eigenvalue weighted by Gasteiger charge is -2.29. The van der Waals surface area contributed by atoms with Crippen molar-refractivity contribution in [1.82, 2.24) is 19.9 Å². The average molecular weight is 1210 g/mol. The third-order valence-electron chi connectivity index (χ3n) is 13.9. The molecule has 0 radical (unpaired) electrons. The molecule has 0 aromatic carbocycles. The van der Waals surface area contributed by atoms with Gasteiger partial charge in [0.1, 0.15) is 0 Å². The van der Waals surface area contributed by atoms with E-state index in [1.807, 2.05) is 60.5 Å². The molecule has 6 rings (SSSR count). The number of H-pyrrole nitrogens is 1. The van der Waals surface area contributed by atoms with E-state index in [-0.39, 0.29) is 78.6 Å². The van der Waals surface area contributed by atoms with E-state index in [4.69, 9.17) is 0 Å². The van der Waals surface area contributed by atoms with Crippen LogP contribution in [0.1, 0.15) is 342 Å². The van der Waals surface area contributed by atoms with Crippen LogP contribution in [0, 0.1) is 0 Å². The Morgan fingerprint density at radius 1 is 0.407 bits per heavy atom. The zero-order valence-electron chi connectivity index (χ0n) is 58.5. The smallest absolute Gasteiger partial charge is 0.248 e. The van der Waals surface area contributed by atoms with E-state index in [1.165, 1.54) is 54.9 Å². The molecule has 0 spiro atoms. The molecule has 0 bridgehead atoms. The molecule has 0 unspecified atom stereocenters. The maximum Gasteiger partial charge on any atom is 0.248 e. The van der Waals surface area contributed by atoms with E-state index in [9.17, 15) is 10.0 Å². The first-order chi connectivity index (χ1) is 36.8. The molecule has 0 saturated heterocycles. The topological polar surface area (TPSA) is 95.6 Å². The van der Waals surface area contributed by atoms with Crippen molar-refractivity contribution in [2.45, 2.75) is 325 Å². The number of aromatic amines is 1. The Balaban J connectivity index is -0.000000465. The van der Waals surface area contributed by atoms with Crippen LogP contribution in [0.4, 0.5) is 0 Å². The van der Waals surface area contributed by atoms with E-state index in [0.717, 1.165) is 11.4 Å². The van der Waals surface area contributed by atoms with Gasteiger partial charge in [-0.05, 0) is 130 Å². The number of nitrogens with zero attached hydrogens (tertiary/aromatic N) is 4. The van der Waals surface area contributed by atoms with Gasteiger partial charge in [-0.1, -0.05) is 270 Å². The summed E-state index contributed by atoms with van der Waals surface area (Å²) < 4.78 is 1.24. The zero-order valence-corrected chi connectivity index (χ0v) is 59.3. The van der Waals surface area contributed by atoms with Gasteiger partial charge in [0.25, 0.3) is 0 Å². The summed E-state index contributed by atoms with van der Waals surface area (Å²) in [5, 5.41) is 11.9. The van der Waals surface area contributed by atoms with E-state index in [2.05, 4.69) is 284 Å². The second-order valence-corrected chi connectivity index (χ2v) is 33.4. The molecule has 86 heavy (non-hydrogen) atoms. The van der Waals surface area contributed by atoms with Gasteiger partial charge < -0.3 is 4.98 Å². The van der Waals surface area contributed by atoms with Crippen LogP contribution in [0.5, 0.6) is 0 Å². The number of thiophene rings is 1. The molecule has 490 valence electrons. The number of rotatable bonds is 3. The first-order valence-corrected chi connectivity index (χ1v) is 31.1. The quantitative estimate of drug-likeness (QED) is 0.136. The molecule has 8 heteroatoms. The Bertz CT molecular complexity index is 2670. The van der Waals surface area contributed by atoms with Crippen LogP contribution in [-0.2, 0) is 48.7 Å². The maximum absolute atomic E-state index is 11.2. The fourth-order valence-corrected chi connectivity index (χ4v) is 10.7. The average Bonchev–Trinajstić information content (AvgIpc) is 2.95. The largest absolute Gasteiger partial charge is 0.326 e. The van der Waals surface area contributed by atoms with Crippen molar-refractivity contribution in [2.75, 3.05) is 0 Å². The Kier molecular flexibility index (Phi) is 34.7. The lowest BCUT2D eigenvalue weighted by atomic mass is 9.76. The summed E-state index contributed by atoms with van der Waals surface area (Å²) in [5.41, 5.74) is 15.6. The monoisotopic (exact) mass is 1210 g/mol. The van der Waals surface area contributed by atoms with Crippen LogP contribution in [0.25, 0.3) is 0 Å². The summed E-state index contributed by atoms with van der Waals surface area (Å²) in [6.07, 6.45) is 11.3. The highest BCUT2D eigenvalue weighted by molar-refractivity contribution is 7.10. The van der Waals surface area contributed by atoms with Gasteiger partial charge in [-0.2, -0.15) is 0 Å². The van der Waals surface area contributed by atoms with Gasteiger partial charge >= 0.3 is 0 Å². The highest BCUT2D eigenvalue weighted by atomic mass is 32.1. The zero-order chi connectivity index (χ0) is 64.2. The first kappa shape index (κ1) is 87.5. The van der Waals surface area contributed by atoms with E-state index in [1.54, 1.807) is 17.1 Å². The number of hydrogen-bond acceptors (Lipinski definition) is 6. The summed E-state index contributed by atoms with van der Waals surface area (Å²) in [6.45, 7) is 73.0. The molecule has 0 aliphatic carbocycles. The fraction of sp³-hybridized carbons (Fsp3) is 0.628. The lowest BCUT2D eigenvalue weighted by molar-refractivity contribution is -0.910. The Morgan fingerprint density at radius 3 is 1.08 bits per heavy atom. The third kappa shape index (κ3) is 28.0. The van der Waals surface area contributed by atoms with Crippen LogP contribution < -0.4 is 10.3 Å². The Morgan fingerprint density at radius 2 is 0.791 bits per heavy atom. The summed E-state index contributed by atoms with van der Waals surface area (Å²) in [5.74, 6) is 1.35. The molecule has 0 amide bonds. The molecule has 0 saturated carbocycles. The van der Waals surface area contributed by atoms with E-state index in [0.29, 0.717) is 23.2 Å². The summed E-state index contributed by atoms with van der Waals surface area (Å²) >= 11 is 1.88. The molecule has 0 atom stereocenters. The van der Waals surface area contributed by atoms with E-state index < -0.39 is 0 Å². The van der Waals surface area contributed by atoms with Crippen LogP contribution in [0.15, 0.2) is 102 Å². The van der Waals surface area contributed by atoms with Crippen molar-refractivity contribution >= 4 is 11.3 Å². The minimum atomic E-state index is -0.0123. The van der Waals surface area contributed by atoms with Gasteiger partial charge in [0, 0.05) is 81.0 Å². The van der Waals surface area contributed by atoms with Crippen LogP contribution in [-0.4, -0.2) is 25.1 Å². The lowest BCUT2D eigenvalue weighted by Crippen LogP contribution is -2.38. The van der Waals surface area contributed by atoms with Crippen molar-refractivity contribution in [1.29, 1.82) is 0 Å². The van der Waals surface area contributed by atoms with Gasteiger partial charge in [0.05, 0.1) is 0 Å². The minimum absolute atomic E-state index is 0. The first-order valence-electron chi connectivity index (χ1n) is 30.2. The van der Waals surface area contributed by atoms with Crippen molar-refractivity contribution in [3.05, 3.63) is 174 Å². The summed E-state index contributed by atoms with van der Waals surface area (Å²) in [6, 6.07) is 18.3. The second-order valence-electron chi connectivity index (χ2n) is 32.5. The van der Waals surface area contributed by atoms with Crippen LogP contribution >= 0.6 is 11.3 Å². The molecule has 6 aromatic heterocycles. The van der Waals surface area contributed by atoms with Crippen molar-refractivity contribution in [3.8, 4) is 0 Å². The summed E-state index contributed by atoms with van der Waals surface area (Å²) in [7, 11) is 0. The van der Waals surface area contributed by atoms with Crippen molar-refractivity contribution in [3.63, 3.8) is 0 Å². The highest BCUT2D eigenvalue weighted by Gasteiger charge is 2.30. The molecule has 6 aromatic rings. The van der Waals surface area contributed by atoms with E-state index >= 15 is 0 Å². The second kappa shape index (κ2) is 34.1. The highest BCUT2D eigenvalue weighted by Crippen LogP contribution is 2.37. The molecular weight excluding hydrogens is 1070 g/mol. The summed E-state index contributed by atoms with van der Waals surface area (Å²) in [4.78, 5) is 28.7. The number of pyridine rings is 5. The molecule has 7 nitrogen and oxygen atoms in total. The standard InChI is InChI=1S/3C13H21N.C12H20NO.C12H19NO.C11H18S.4CH4/c2*1-12(2,3)10-7-8-14-9-11(10)13(4,5)6;1-12(2,3)10-8-7-9-14-11(10)13(4,5)6;1-9(2)11-10(12(3,4)5)7-6-8-13(11)14;1-8(2)11-9(12(3,4)5)6-7-10(14)13-11;1-8(2)10-9(6-7-12-10)11(3,4)5;;;;/h3*7-9H,1-6H3;6-9,14H,1-5H3;6-8H,1-5H3,(H,13,14);6-8H,1-5H3;4*1H4/q;;;+1;;;;;;. The van der Waals surface area contributed by atoms with Crippen molar-refractivity contribution in [2.24, 2.45) is 0 Å². The van der Waals surface area contributed by atoms with Crippen molar-refractivity contribution < 1.29 is 9.94 Å². The Labute approximate surface area is 537 Å². The number of aromatic nitrogens is 5. The van der Waals surface area contributed by atoms with Crippen LogP contribution in [0.2, 0.25) is 0 Å².